The summed E-state index contributed by atoms with van der Waals surface area (Å²) < 4.78 is 18.7. The largest absolute Gasteiger partial charge is 0.495 e. The number of hydrogen-bond donors (Lipinski definition) is 1. The monoisotopic (exact) mass is 303 g/mol. The molecule has 0 aliphatic heterocycles. The van der Waals surface area contributed by atoms with Crippen molar-refractivity contribution in [3.05, 3.63) is 53.6 Å². The number of nitrogens with zero attached hydrogens (tertiary/aromatic N) is 2. The Balaban J connectivity index is 2.10. The maximum Gasteiger partial charge on any atom is 0.142 e. The van der Waals surface area contributed by atoms with Gasteiger partial charge in [0.1, 0.15) is 23.7 Å². The lowest BCUT2D eigenvalue weighted by Gasteiger charge is -2.12. The first kappa shape index (κ1) is 13.6. The number of nitrogens with one attached hydrogen (secondary N) is 1. The molecule has 0 bridgehead atoms. The molecule has 0 spiro atoms. The zero-order chi connectivity index (χ0) is 14.8. The second kappa shape index (κ2) is 5.54. The molecule has 6 heteroatoms. The third-order valence-electron chi connectivity index (χ3n) is 3.01. The van der Waals surface area contributed by atoms with E-state index in [1.807, 2.05) is 0 Å². The number of anilines is 2. The Morgan fingerprint density at radius 2 is 2.00 bits per heavy atom. The average Bonchev–Trinajstić information content (AvgIpc) is 2.48. The SMILES string of the molecule is COc1ccc(Cl)cc1Nc1ncnc2ccc(F)cc12. The zero-order valence-electron chi connectivity index (χ0n) is 11.1. The van der Waals surface area contributed by atoms with Crippen LogP contribution in [0.3, 0.4) is 0 Å². The molecule has 0 atom stereocenters. The minimum absolute atomic E-state index is 0.349. The van der Waals surface area contributed by atoms with Crippen molar-refractivity contribution in [2.45, 2.75) is 0 Å². The van der Waals surface area contributed by atoms with Gasteiger partial charge in [0.25, 0.3) is 0 Å². The minimum Gasteiger partial charge on any atom is -0.495 e. The third-order valence-corrected chi connectivity index (χ3v) is 3.25. The lowest BCUT2D eigenvalue weighted by Crippen LogP contribution is -1.98. The number of ether oxygens (including phenoxy) is 1. The Morgan fingerprint density at radius 1 is 1.14 bits per heavy atom. The van der Waals surface area contributed by atoms with Crippen molar-refractivity contribution in [2.75, 3.05) is 12.4 Å². The zero-order valence-corrected chi connectivity index (χ0v) is 11.9. The Kier molecular flexibility index (Phi) is 3.58. The number of rotatable bonds is 3. The van der Waals surface area contributed by atoms with Gasteiger partial charge in [0.05, 0.1) is 18.3 Å². The van der Waals surface area contributed by atoms with Crippen LogP contribution in [0, 0.1) is 5.82 Å². The summed E-state index contributed by atoms with van der Waals surface area (Å²) in [6.07, 6.45) is 1.42. The van der Waals surface area contributed by atoms with E-state index in [2.05, 4.69) is 15.3 Å². The molecule has 0 saturated heterocycles. The number of hydrogen-bond acceptors (Lipinski definition) is 4. The molecule has 0 aliphatic rings. The van der Waals surface area contributed by atoms with Crippen LogP contribution in [0.2, 0.25) is 5.02 Å². The van der Waals surface area contributed by atoms with E-state index in [9.17, 15) is 4.39 Å². The molecule has 1 heterocycles. The van der Waals surface area contributed by atoms with E-state index in [-0.39, 0.29) is 5.82 Å². The second-order valence-corrected chi connectivity index (χ2v) is 4.79. The van der Waals surface area contributed by atoms with E-state index in [1.165, 1.54) is 18.5 Å². The van der Waals surface area contributed by atoms with Gasteiger partial charge in [0.2, 0.25) is 0 Å². The van der Waals surface area contributed by atoms with Gasteiger partial charge in [-0.25, -0.2) is 14.4 Å². The maximum atomic E-state index is 13.4. The van der Waals surface area contributed by atoms with Gasteiger partial charge >= 0.3 is 0 Å². The van der Waals surface area contributed by atoms with E-state index in [0.717, 1.165) is 0 Å². The molecule has 21 heavy (non-hydrogen) atoms. The van der Waals surface area contributed by atoms with Crippen LogP contribution in [0.4, 0.5) is 15.9 Å². The molecule has 1 N–H and O–H groups in total. The highest BCUT2D eigenvalue weighted by Crippen LogP contribution is 2.32. The van der Waals surface area contributed by atoms with Crippen LogP contribution < -0.4 is 10.1 Å². The van der Waals surface area contributed by atoms with Crippen LogP contribution in [0.1, 0.15) is 0 Å². The maximum absolute atomic E-state index is 13.4. The van der Waals surface area contributed by atoms with Gasteiger partial charge in [0, 0.05) is 10.4 Å². The molecule has 3 aromatic rings. The fourth-order valence-electron chi connectivity index (χ4n) is 2.03. The van der Waals surface area contributed by atoms with E-state index < -0.39 is 0 Å². The van der Waals surface area contributed by atoms with E-state index >= 15 is 0 Å². The predicted octanol–water partition coefficient (Wildman–Crippen LogP) is 4.17. The molecule has 0 saturated carbocycles. The first-order chi connectivity index (χ1) is 10.2. The molecule has 1 aromatic heterocycles. The van der Waals surface area contributed by atoms with Crippen LogP contribution in [-0.2, 0) is 0 Å². The Hall–Kier alpha value is -2.40. The summed E-state index contributed by atoms with van der Waals surface area (Å²) in [6.45, 7) is 0. The van der Waals surface area contributed by atoms with Crippen molar-refractivity contribution in [1.29, 1.82) is 0 Å². The van der Waals surface area contributed by atoms with E-state index in [1.54, 1.807) is 31.4 Å². The fourth-order valence-corrected chi connectivity index (χ4v) is 2.21. The molecule has 0 amide bonds. The second-order valence-electron chi connectivity index (χ2n) is 4.35. The topological polar surface area (TPSA) is 47.0 Å². The van der Waals surface area contributed by atoms with Crippen molar-refractivity contribution in [2.24, 2.45) is 0 Å². The highest BCUT2D eigenvalue weighted by Gasteiger charge is 2.09. The van der Waals surface area contributed by atoms with Crippen LogP contribution >= 0.6 is 11.6 Å². The molecule has 2 aromatic carbocycles. The Labute approximate surface area is 125 Å². The summed E-state index contributed by atoms with van der Waals surface area (Å²) in [7, 11) is 1.56. The van der Waals surface area contributed by atoms with Crippen molar-refractivity contribution < 1.29 is 9.13 Å². The standard InChI is InChI=1S/C15H11ClFN3O/c1-21-14-5-2-9(16)6-13(14)20-15-11-7-10(17)3-4-12(11)18-8-19-15/h2-8H,1H3,(H,18,19,20). The van der Waals surface area contributed by atoms with Gasteiger partial charge in [-0.05, 0) is 36.4 Å². The summed E-state index contributed by atoms with van der Waals surface area (Å²) in [5.41, 5.74) is 1.30. The lowest BCUT2D eigenvalue weighted by atomic mass is 10.2. The number of halogens is 2. The van der Waals surface area contributed by atoms with Gasteiger partial charge in [-0.2, -0.15) is 0 Å². The highest BCUT2D eigenvalue weighted by molar-refractivity contribution is 6.31. The molecule has 0 fully saturated rings. The number of benzene rings is 2. The first-order valence-corrected chi connectivity index (χ1v) is 6.56. The summed E-state index contributed by atoms with van der Waals surface area (Å²) in [4.78, 5) is 8.27. The van der Waals surface area contributed by atoms with Gasteiger partial charge < -0.3 is 10.1 Å². The third kappa shape index (κ3) is 2.73. The van der Waals surface area contributed by atoms with Gasteiger partial charge in [0.15, 0.2) is 0 Å². The average molecular weight is 304 g/mol. The molecule has 3 rings (SSSR count). The first-order valence-electron chi connectivity index (χ1n) is 6.18. The van der Waals surface area contributed by atoms with Crippen molar-refractivity contribution >= 4 is 34.0 Å². The number of fused-ring (bicyclic) bond motifs is 1. The molecule has 106 valence electrons. The number of aromatic nitrogens is 2. The van der Waals surface area contributed by atoms with E-state index in [0.29, 0.717) is 33.2 Å². The normalized spacial score (nSPS) is 10.6. The van der Waals surface area contributed by atoms with Crippen molar-refractivity contribution in [1.82, 2.24) is 9.97 Å². The van der Waals surface area contributed by atoms with Gasteiger partial charge in [-0.15, -0.1) is 0 Å². The summed E-state index contributed by atoms with van der Waals surface area (Å²) >= 11 is 6.00. The van der Waals surface area contributed by atoms with Crippen LogP contribution in [0.5, 0.6) is 5.75 Å². The van der Waals surface area contributed by atoms with Crippen molar-refractivity contribution in [3.8, 4) is 5.75 Å². The van der Waals surface area contributed by atoms with Crippen LogP contribution in [0.15, 0.2) is 42.7 Å². The van der Waals surface area contributed by atoms with Crippen LogP contribution in [0.25, 0.3) is 10.9 Å². The molecule has 0 unspecified atom stereocenters. The van der Waals surface area contributed by atoms with E-state index in [4.69, 9.17) is 16.3 Å². The molecule has 0 radical (unpaired) electrons. The molecule has 4 nitrogen and oxygen atoms in total. The Morgan fingerprint density at radius 3 is 2.81 bits per heavy atom. The Bertz CT molecular complexity index is 810. The van der Waals surface area contributed by atoms with Crippen LogP contribution in [-0.4, -0.2) is 17.1 Å². The predicted molar refractivity (Wildman–Crippen MR) is 80.8 cm³/mol. The van der Waals surface area contributed by atoms with Gasteiger partial charge in [-0.3, -0.25) is 0 Å². The summed E-state index contributed by atoms with van der Waals surface area (Å²) in [5.74, 6) is 0.751. The lowest BCUT2D eigenvalue weighted by molar-refractivity contribution is 0.417. The molecular formula is C15H11ClFN3O. The fraction of sp³-hybridized carbons (Fsp3) is 0.0667. The van der Waals surface area contributed by atoms with Gasteiger partial charge in [-0.1, -0.05) is 11.6 Å². The smallest absolute Gasteiger partial charge is 0.142 e. The quantitative estimate of drug-likeness (QED) is 0.788. The minimum atomic E-state index is -0.349. The summed E-state index contributed by atoms with van der Waals surface area (Å²) in [6, 6.07) is 9.53. The summed E-state index contributed by atoms with van der Waals surface area (Å²) in [5, 5.41) is 4.25. The molecule has 0 aliphatic carbocycles. The number of methoxy groups -OCH3 is 1. The highest BCUT2D eigenvalue weighted by atomic mass is 35.5. The van der Waals surface area contributed by atoms with Crippen molar-refractivity contribution in [3.63, 3.8) is 0 Å². The molecular weight excluding hydrogens is 293 g/mol.